The largest absolute Gasteiger partial charge is 0.428 e. The summed E-state index contributed by atoms with van der Waals surface area (Å²) in [5.41, 5.74) is 3.21. The number of hydrogen-bond acceptors (Lipinski definition) is 10. The van der Waals surface area contributed by atoms with Crippen LogP contribution in [0, 0.1) is 0 Å². The first-order valence-corrected chi connectivity index (χ1v) is 11.8. The number of rotatable bonds is 6. The van der Waals surface area contributed by atoms with E-state index >= 15 is 0 Å². The monoisotopic (exact) mass is 487 g/mol. The first-order valence-electron chi connectivity index (χ1n) is 11.8. The van der Waals surface area contributed by atoms with Crippen LogP contribution in [0.4, 0.5) is 5.95 Å². The predicted molar refractivity (Wildman–Crippen MR) is 135 cm³/mol. The Kier molecular flexibility index (Phi) is 5.87. The highest BCUT2D eigenvalue weighted by Gasteiger charge is 2.39. The average Bonchev–Trinajstić information content (AvgIpc) is 3.30. The van der Waals surface area contributed by atoms with Gasteiger partial charge in [-0.3, -0.25) is 9.89 Å². The van der Waals surface area contributed by atoms with E-state index in [-0.39, 0.29) is 17.1 Å². The number of carbonyl (C=O) groups is 1. The number of nitrogens with one attached hydrogen (secondary N) is 2. The highest BCUT2D eigenvalue weighted by Crippen LogP contribution is 2.34. The topological polar surface area (TPSA) is 135 Å². The molecule has 2 N–H and O–H groups in total. The highest BCUT2D eigenvalue weighted by molar-refractivity contribution is 5.77. The van der Waals surface area contributed by atoms with Gasteiger partial charge >= 0.3 is 0 Å². The Morgan fingerprint density at radius 3 is 2.53 bits per heavy atom. The summed E-state index contributed by atoms with van der Waals surface area (Å²) in [7, 11) is 2.01. The fraction of sp³-hybridized carbons (Fsp3) is 0.400. The smallest absolute Gasteiger partial charge is 0.298 e. The van der Waals surface area contributed by atoms with Crippen molar-refractivity contribution in [3.05, 3.63) is 36.8 Å². The summed E-state index contributed by atoms with van der Waals surface area (Å²) >= 11 is 0. The van der Waals surface area contributed by atoms with E-state index in [0.29, 0.717) is 46.3 Å². The number of carbonyl (C=O) groups excluding carboxylic acids is 1. The van der Waals surface area contributed by atoms with E-state index in [9.17, 15) is 4.79 Å². The van der Waals surface area contributed by atoms with Crippen molar-refractivity contribution in [1.82, 2.24) is 40.7 Å². The third-order valence-corrected chi connectivity index (χ3v) is 6.46. The molecule has 0 spiro atoms. The lowest BCUT2D eigenvalue weighted by atomic mass is 9.79. The predicted octanol–water partition coefficient (Wildman–Crippen LogP) is 3.15. The molecule has 1 fully saturated rings. The molecule has 1 aromatic carbocycles. The van der Waals surface area contributed by atoms with Gasteiger partial charge in [0.1, 0.15) is 22.5 Å². The van der Waals surface area contributed by atoms with Gasteiger partial charge in [0, 0.05) is 35.3 Å². The molecule has 1 aliphatic rings. The maximum Gasteiger partial charge on any atom is 0.298 e. The molecule has 0 unspecified atom stereocenters. The van der Waals surface area contributed by atoms with Gasteiger partial charge in [0.25, 0.3) is 6.47 Å². The summed E-state index contributed by atoms with van der Waals surface area (Å²) in [5, 5.41) is 19.3. The first kappa shape index (κ1) is 23.7. The number of H-pyrrole nitrogens is 1. The fourth-order valence-corrected chi connectivity index (χ4v) is 5.16. The Bertz CT molecular complexity index is 1380. The minimum Gasteiger partial charge on any atom is -0.428 e. The van der Waals surface area contributed by atoms with Crippen molar-refractivity contribution >= 4 is 23.5 Å². The molecule has 5 rings (SSSR count). The van der Waals surface area contributed by atoms with Gasteiger partial charge in [0.2, 0.25) is 5.95 Å². The number of benzene rings is 1. The van der Waals surface area contributed by atoms with E-state index in [1.54, 1.807) is 30.7 Å². The molecule has 4 aromatic rings. The van der Waals surface area contributed by atoms with Crippen LogP contribution >= 0.6 is 0 Å². The SMILES string of the molecule is CN(c1ncc(-c2ccc(-c3ncc4[nH]ncc4n3)cc2OC=O)nn1)C1CC(C)(C)NC(C)(C)C1. The molecule has 0 saturated carbocycles. The quantitative estimate of drug-likeness (QED) is 0.390. The van der Waals surface area contributed by atoms with Gasteiger partial charge in [-0.25, -0.2) is 15.0 Å². The van der Waals surface area contributed by atoms with E-state index < -0.39 is 0 Å². The molecule has 3 aromatic heterocycles. The number of ether oxygens (including phenoxy) is 1. The maximum atomic E-state index is 11.2. The zero-order chi connectivity index (χ0) is 25.5. The van der Waals surface area contributed by atoms with Crippen LogP contribution in [-0.2, 0) is 4.79 Å². The van der Waals surface area contributed by atoms with Crippen LogP contribution in [0.3, 0.4) is 0 Å². The van der Waals surface area contributed by atoms with Crippen molar-refractivity contribution in [2.45, 2.75) is 57.7 Å². The molecular weight excluding hydrogens is 458 g/mol. The Morgan fingerprint density at radius 2 is 1.83 bits per heavy atom. The Balaban J connectivity index is 1.41. The van der Waals surface area contributed by atoms with E-state index in [1.165, 1.54) is 0 Å². The molecule has 11 heteroatoms. The minimum absolute atomic E-state index is 0.00270. The number of aromatic nitrogens is 7. The van der Waals surface area contributed by atoms with E-state index in [2.05, 4.69) is 73.3 Å². The Morgan fingerprint density at radius 1 is 1.06 bits per heavy atom. The number of hydrogen-bond donors (Lipinski definition) is 2. The van der Waals surface area contributed by atoms with Crippen LogP contribution in [0.2, 0.25) is 0 Å². The first-order chi connectivity index (χ1) is 17.1. The minimum atomic E-state index is 0.00270. The lowest BCUT2D eigenvalue weighted by Crippen LogP contribution is -2.62. The molecule has 0 atom stereocenters. The fourth-order valence-electron chi connectivity index (χ4n) is 5.16. The molecule has 0 bridgehead atoms. The summed E-state index contributed by atoms with van der Waals surface area (Å²) in [6.45, 7) is 9.24. The van der Waals surface area contributed by atoms with Crippen LogP contribution in [0.25, 0.3) is 33.7 Å². The van der Waals surface area contributed by atoms with Crippen LogP contribution in [-0.4, -0.2) is 66.0 Å². The molecule has 0 amide bonds. The van der Waals surface area contributed by atoms with Gasteiger partial charge in [-0.15, -0.1) is 10.2 Å². The van der Waals surface area contributed by atoms with Crippen molar-refractivity contribution < 1.29 is 9.53 Å². The summed E-state index contributed by atoms with van der Waals surface area (Å²) in [6, 6.07) is 5.61. The number of piperidine rings is 1. The number of fused-ring (bicyclic) bond motifs is 1. The molecule has 0 aliphatic carbocycles. The molecule has 4 heterocycles. The van der Waals surface area contributed by atoms with Crippen LogP contribution in [0.15, 0.2) is 36.8 Å². The summed E-state index contributed by atoms with van der Waals surface area (Å²) in [4.78, 5) is 26.8. The normalized spacial score (nSPS) is 17.1. The van der Waals surface area contributed by atoms with Crippen LogP contribution in [0.1, 0.15) is 40.5 Å². The van der Waals surface area contributed by atoms with Crippen molar-refractivity contribution in [1.29, 1.82) is 0 Å². The second kappa shape index (κ2) is 8.90. The van der Waals surface area contributed by atoms with Crippen LogP contribution < -0.4 is 15.0 Å². The Labute approximate surface area is 208 Å². The third kappa shape index (κ3) is 4.74. The molecule has 1 aliphatic heterocycles. The molecule has 0 radical (unpaired) electrons. The second-order valence-corrected chi connectivity index (χ2v) is 10.5. The zero-order valence-corrected chi connectivity index (χ0v) is 21.0. The third-order valence-electron chi connectivity index (χ3n) is 6.46. The van der Waals surface area contributed by atoms with Crippen molar-refractivity contribution in [2.24, 2.45) is 0 Å². The lowest BCUT2D eigenvalue weighted by Gasteiger charge is -2.48. The standard InChI is InChI=1S/C25H29N9O2/c1-24(2)9-16(10-25(3,4)33-24)34(5)23-27-11-18(31-32-23)17-7-6-15(8-21(17)36-14-35)22-26-12-20-19(29-22)13-28-30-20/h6-8,11-14,16,33H,9-10H2,1-5H3,(H,28,30). The van der Waals surface area contributed by atoms with Crippen molar-refractivity contribution in [2.75, 3.05) is 11.9 Å². The highest BCUT2D eigenvalue weighted by atomic mass is 16.5. The maximum absolute atomic E-state index is 11.2. The van der Waals surface area contributed by atoms with E-state index in [0.717, 1.165) is 18.4 Å². The molecule has 36 heavy (non-hydrogen) atoms. The van der Waals surface area contributed by atoms with Gasteiger partial charge in [-0.2, -0.15) is 5.10 Å². The van der Waals surface area contributed by atoms with Gasteiger partial charge in [0.05, 0.1) is 18.6 Å². The summed E-state index contributed by atoms with van der Waals surface area (Å²) in [6.07, 6.45) is 6.86. The number of nitrogens with zero attached hydrogens (tertiary/aromatic N) is 7. The Hall–Kier alpha value is -3.99. The van der Waals surface area contributed by atoms with Gasteiger partial charge < -0.3 is 15.0 Å². The average molecular weight is 488 g/mol. The molecule has 186 valence electrons. The van der Waals surface area contributed by atoms with Crippen LogP contribution in [0.5, 0.6) is 5.75 Å². The van der Waals surface area contributed by atoms with Gasteiger partial charge in [-0.05, 0) is 52.7 Å². The summed E-state index contributed by atoms with van der Waals surface area (Å²) < 4.78 is 5.28. The lowest BCUT2D eigenvalue weighted by molar-refractivity contribution is -0.120. The summed E-state index contributed by atoms with van der Waals surface area (Å²) in [5.74, 6) is 1.35. The second-order valence-electron chi connectivity index (χ2n) is 10.5. The zero-order valence-electron chi connectivity index (χ0n) is 21.0. The number of anilines is 1. The number of aromatic amines is 1. The molecule has 11 nitrogen and oxygen atoms in total. The van der Waals surface area contributed by atoms with Crippen molar-refractivity contribution in [3.8, 4) is 28.4 Å². The molecular formula is C25H29N9O2. The van der Waals surface area contributed by atoms with Gasteiger partial charge in [-0.1, -0.05) is 6.07 Å². The van der Waals surface area contributed by atoms with Gasteiger partial charge in [0.15, 0.2) is 5.82 Å². The van der Waals surface area contributed by atoms with E-state index in [1.807, 2.05) is 13.1 Å². The van der Waals surface area contributed by atoms with Crippen molar-refractivity contribution in [3.63, 3.8) is 0 Å². The molecule has 1 saturated heterocycles. The van der Waals surface area contributed by atoms with E-state index in [4.69, 9.17) is 4.74 Å².